The van der Waals surface area contributed by atoms with Crippen molar-refractivity contribution in [3.63, 3.8) is 0 Å². The lowest BCUT2D eigenvalue weighted by molar-refractivity contribution is 0.0816. The number of carbonyl (C=O) groups is 2. The molecule has 0 amide bonds. The molecule has 0 spiro atoms. The number of methoxy groups -OCH3 is 1. The van der Waals surface area contributed by atoms with E-state index < -0.39 is 23.1 Å². The third kappa shape index (κ3) is 2.47. The number of rotatable bonds is 4. The van der Waals surface area contributed by atoms with Gasteiger partial charge in [0.1, 0.15) is 0 Å². The van der Waals surface area contributed by atoms with Crippen LogP contribution < -0.4 is 4.74 Å². The number of phenolic OH excluding ortho intramolecular Hbond substituents is 2. The van der Waals surface area contributed by atoms with Gasteiger partial charge in [0.05, 0.1) is 7.11 Å². The van der Waals surface area contributed by atoms with Crippen LogP contribution in [0.25, 0.3) is 0 Å². The van der Waals surface area contributed by atoms with E-state index in [1.165, 1.54) is 19.2 Å². The molecule has 0 aromatic heterocycles. The van der Waals surface area contributed by atoms with Crippen LogP contribution in [0.2, 0.25) is 0 Å². The Morgan fingerprint density at radius 1 is 0.900 bits per heavy atom. The molecule has 2 aromatic rings. The van der Waals surface area contributed by atoms with Crippen LogP contribution in [0, 0.1) is 0 Å². The Morgan fingerprint density at radius 3 is 1.90 bits per heavy atom. The molecule has 0 aliphatic heterocycles. The number of ether oxygens (including phenoxy) is 1. The number of hydrogen-bond acceptors (Lipinski definition) is 5. The van der Waals surface area contributed by atoms with Crippen LogP contribution >= 0.6 is 0 Å². The van der Waals surface area contributed by atoms with Crippen LogP contribution in [0.3, 0.4) is 0 Å². The number of phenols is 2. The second-order valence-corrected chi connectivity index (χ2v) is 4.07. The van der Waals surface area contributed by atoms with Gasteiger partial charge >= 0.3 is 0 Å². The maximum atomic E-state index is 12.0. The fourth-order valence-corrected chi connectivity index (χ4v) is 1.79. The summed E-state index contributed by atoms with van der Waals surface area (Å²) < 4.78 is 4.76. The summed E-state index contributed by atoms with van der Waals surface area (Å²) in [6, 6.07) is 10.2. The first-order valence-corrected chi connectivity index (χ1v) is 5.78. The van der Waals surface area contributed by atoms with E-state index in [2.05, 4.69) is 0 Å². The summed E-state index contributed by atoms with van der Waals surface area (Å²) in [5.41, 5.74) is 0.141. The fraction of sp³-hybridized carbons (Fsp3) is 0.0667. The van der Waals surface area contributed by atoms with Crippen LogP contribution in [0.15, 0.2) is 42.5 Å². The highest BCUT2D eigenvalue weighted by atomic mass is 16.5. The van der Waals surface area contributed by atoms with E-state index in [1.54, 1.807) is 18.2 Å². The molecular weight excluding hydrogens is 260 g/mol. The smallest absolute Gasteiger partial charge is 0.233 e. The number of aromatic hydroxyl groups is 2. The van der Waals surface area contributed by atoms with Gasteiger partial charge in [0.25, 0.3) is 0 Å². The molecule has 0 atom stereocenters. The molecule has 0 aliphatic rings. The van der Waals surface area contributed by atoms with E-state index in [1.807, 2.05) is 0 Å². The summed E-state index contributed by atoms with van der Waals surface area (Å²) >= 11 is 0. The first-order valence-electron chi connectivity index (χ1n) is 5.78. The standard InChI is InChI=1S/C15H12O5/c1-20-15-11(16)7-10(8-12(15)17)14(19)13(18)9-5-3-2-4-6-9/h2-8,16-17H,1H3. The molecule has 102 valence electrons. The fourth-order valence-electron chi connectivity index (χ4n) is 1.79. The second kappa shape index (κ2) is 5.44. The molecule has 2 rings (SSSR count). The third-order valence-corrected chi connectivity index (χ3v) is 2.76. The van der Waals surface area contributed by atoms with Gasteiger partial charge in [-0.15, -0.1) is 0 Å². The van der Waals surface area contributed by atoms with E-state index in [-0.39, 0.29) is 16.9 Å². The topological polar surface area (TPSA) is 83.8 Å². The second-order valence-electron chi connectivity index (χ2n) is 4.07. The van der Waals surface area contributed by atoms with Crippen LogP contribution in [0.5, 0.6) is 17.2 Å². The number of ketones is 2. The van der Waals surface area contributed by atoms with E-state index in [9.17, 15) is 19.8 Å². The van der Waals surface area contributed by atoms with Gasteiger partial charge in [0.2, 0.25) is 17.3 Å². The number of carbonyl (C=O) groups excluding carboxylic acids is 2. The maximum absolute atomic E-state index is 12.0. The molecule has 0 aliphatic carbocycles. The van der Waals surface area contributed by atoms with Crippen molar-refractivity contribution in [1.29, 1.82) is 0 Å². The summed E-state index contributed by atoms with van der Waals surface area (Å²) in [5, 5.41) is 19.2. The Kier molecular flexibility index (Phi) is 3.70. The lowest BCUT2D eigenvalue weighted by Gasteiger charge is -2.08. The minimum atomic E-state index is -0.815. The summed E-state index contributed by atoms with van der Waals surface area (Å²) in [6.07, 6.45) is 0. The molecule has 2 aromatic carbocycles. The maximum Gasteiger partial charge on any atom is 0.233 e. The first-order chi connectivity index (χ1) is 9.54. The highest BCUT2D eigenvalue weighted by molar-refractivity contribution is 6.49. The van der Waals surface area contributed by atoms with Gasteiger partial charge in [0.15, 0.2) is 11.5 Å². The van der Waals surface area contributed by atoms with Crippen molar-refractivity contribution in [3.05, 3.63) is 53.6 Å². The molecule has 0 saturated heterocycles. The Labute approximate surface area is 115 Å². The molecule has 5 nitrogen and oxygen atoms in total. The summed E-state index contributed by atoms with van der Waals surface area (Å²) in [7, 11) is 1.27. The van der Waals surface area contributed by atoms with Crippen molar-refractivity contribution in [2.24, 2.45) is 0 Å². The van der Waals surface area contributed by atoms with Gasteiger partial charge in [-0.25, -0.2) is 0 Å². The Hall–Kier alpha value is -2.82. The number of hydrogen-bond donors (Lipinski definition) is 2. The lowest BCUT2D eigenvalue weighted by Crippen LogP contribution is -2.14. The van der Waals surface area contributed by atoms with Crippen molar-refractivity contribution in [2.75, 3.05) is 7.11 Å². The van der Waals surface area contributed by atoms with Gasteiger partial charge in [-0.2, -0.15) is 0 Å². The van der Waals surface area contributed by atoms with Crippen molar-refractivity contribution < 1.29 is 24.5 Å². The van der Waals surface area contributed by atoms with E-state index in [0.717, 1.165) is 12.1 Å². The van der Waals surface area contributed by atoms with Crippen molar-refractivity contribution in [2.45, 2.75) is 0 Å². The normalized spacial score (nSPS) is 10.1. The molecule has 20 heavy (non-hydrogen) atoms. The Bertz CT molecular complexity index is 638. The van der Waals surface area contributed by atoms with E-state index >= 15 is 0 Å². The summed E-state index contributed by atoms with van der Waals surface area (Å²) in [5.74, 6) is -2.49. The largest absolute Gasteiger partial charge is 0.504 e. The average molecular weight is 272 g/mol. The molecule has 0 radical (unpaired) electrons. The summed E-state index contributed by atoms with van der Waals surface area (Å²) in [6.45, 7) is 0. The van der Waals surface area contributed by atoms with Gasteiger partial charge < -0.3 is 14.9 Å². The third-order valence-electron chi connectivity index (χ3n) is 2.76. The molecule has 0 unspecified atom stereocenters. The van der Waals surface area contributed by atoms with Crippen LogP contribution in [0.4, 0.5) is 0 Å². The van der Waals surface area contributed by atoms with Crippen LogP contribution in [-0.2, 0) is 0 Å². The van der Waals surface area contributed by atoms with Crippen molar-refractivity contribution in [3.8, 4) is 17.2 Å². The monoisotopic (exact) mass is 272 g/mol. The summed E-state index contributed by atoms with van der Waals surface area (Å²) in [4.78, 5) is 24.0. The lowest BCUT2D eigenvalue weighted by atomic mass is 10.0. The molecule has 2 N–H and O–H groups in total. The highest BCUT2D eigenvalue weighted by Crippen LogP contribution is 2.36. The molecule has 0 bridgehead atoms. The van der Waals surface area contributed by atoms with Gasteiger partial charge in [0, 0.05) is 11.1 Å². The van der Waals surface area contributed by atoms with Crippen molar-refractivity contribution in [1.82, 2.24) is 0 Å². The van der Waals surface area contributed by atoms with E-state index in [4.69, 9.17) is 4.74 Å². The average Bonchev–Trinajstić information content (AvgIpc) is 2.46. The molecule has 5 heteroatoms. The van der Waals surface area contributed by atoms with Crippen LogP contribution in [0.1, 0.15) is 20.7 Å². The Balaban J connectivity index is 2.37. The predicted octanol–water partition coefficient (Wildman–Crippen LogP) is 2.17. The molecule has 0 saturated carbocycles. The SMILES string of the molecule is COc1c(O)cc(C(=O)C(=O)c2ccccc2)cc1O. The van der Waals surface area contributed by atoms with Gasteiger partial charge in [-0.1, -0.05) is 30.3 Å². The Morgan fingerprint density at radius 2 is 1.40 bits per heavy atom. The van der Waals surface area contributed by atoms with Crippen molar-refractivity contribution >= 4 is 11.6 Å². The molecule has 0 fully saturated rings. The first kappa shape index (κ1) is 13.6. The minimum Gasteiger partial charge on any atom is -0.504 e. The molecule has 0 heterocycles. The predicted molar refractivity (Wildman–Crippen MR) is 71.4 cm³/mol. The number of benzene rings is 2. The molecular formula is C15H12O5. The zero-order chi connectivity index (χ0) is 14.7. The zero-order valence-electron chi connectivity index (χ0n) is 10.7. The zero-order valence-corrected chi connectivity index (χ0v) is 10.7. The highest BCUT2D eigenvalue weighted by Gasteiger charge is 2.21. The van der Waals surface area contributed by atoms with Gasteiger partial charge in [-0.05, 0) is 12.1 Å². The van der Waals surface area contributed by atoms with E-state index in [0.29, 0.717) is 0 Å². The number of Topliss-reactive ketones (excluding diaryl/α,β-unsaturated/α-hetero) is 2. The minimum absolute atomic E-state index is 0.102. The quantitative estimate of drug-likeness (QED) is 0.658. The van der Waals surface area contributed by atoms with Crippen LogP contribution in [-0.4, -0.2) is 28.9 Å². The van der Waals surface area contributed by atoms with Gasteiger partial charge in [-0.3, -0.25) is 9.59 Å².